The quantitative estimate of drug-likeness (QED) is 0.415. The van der Waals surface area contributed by atoms with Crippen LogP contribution in [0.1, 0.15) is 29.9 Å². The molecule has 0 saturated carbocycles. The van der Waals surface area contributed by atoms with Gasteiger partial charge in [-0.05, 0) is 44.2 Å². The molecule has 1 aromatic heterocycles. The number of sulfonamides is 1. The minimum atomic E-state index is -3.71. The highest BCUT2D eigenvalue weighted by molar-refractivity contribution is 7.89. The van der Waals surface area contributed by atoms with Crippen LogP contribution in [0.15, 0.2) is 52.7 Å². The third kappa shape index (κ3) is 5.35. The maximum atomic E-state index is 12.7. The monoisotopic (exact) mass is 490 g/mol. The summed E-state index contributed by atoms with van der Waals surface area (Å²) in [6.45, 7) is 3.50. The lowest BCUT2D eigenvalue weighted by Crippen LogP contribution is -2.33. The van der Waals surface area contributed by atoms with E-state index in [9.17, 15) is 13.2 Å². The zero-order chi connectivity index (χ0) is 24.2. The Bertz CT molecular complexity index is 1240. The van der Waals surface area contributed by atoms with Gasteiger partial charge in [-0.2, -0.15) is 4.31 Å². The van der Waals surface area contributed by atoms with Crippen molar-refractivity contribution in [3.05, 3.63) is 59.1 Å². The molecule has 0 radical (unpaired) electrons. The highest BCUT2D eigenvalue weighted by atomic mass is 32.2. The number of methoxy groups -OCH3 is 2. The molecule has 2 aromatic carbocycles. The number of hydrogen-bond donors (Lipinski definition) is 0. The van der Waals surface area contributed by atoms with E-state index in [0.29, 0.717) is 22.2 Å². The fourth-order valence-electron chi connectivity index (χ4n) is 3.00. The summed E-state index contributed by atoms with van der Waals surface area (Å²) in [6, 6.07) is 11.1. The summed E-state index contributed by atoms with van der Waals surface area (Å²) in [4.78, 5) is 17.1. The lowest BCUT2D eigenvalue weighted by atomic mass is 10.2. The molecule has 0 atom stereocenters. The summed E-state index contributed by atoms with van der Waals surface area (Å²) in [6.07, 6.45) is 0. The van der Waals surface area contributed by atoms with E-state index in [1.54, 1.807) is 39.5 Å². The van der Waals surface area contributed by atoms with Crippen LogP contribution in [0.2, 0.25) is 0 Å². The molecule has 0 N–H and O–H groups in total. The van der Waals surface area contributed by atoms with E-state index in [0.717, 1.165) is 5.56 Å². The van der Waals surface area contributed by atoms with E-state index in [2.05, 4.69) is 4.98 Å². The van der Waals surface area contributed by atoms with Gasteiger partial charge in [0.05, 0.1) is 35.9 Å². The van der Waals surface area contributed by atoms with Crippen LogP contribution in [0, 0.1) is 0 Å². The number of ether oxygens (including phenoxy) is 3. The molecular weight excluding hydrogens is 464 g/mol. The Balaban J connectivity index is 1.74. The van der Waals surface area contributed by atoms with Gasteiger partial charge in [0.1, 0.15) is 11.6 Å². The molecule has 10 heteroatoms. The Morgan fingerprint density at radius 3 is 2.52 bits per heavy atom. The number of benzene rings is 2. The largest absolute Gasteiger partial charge is 0.493 e. The van der Waals surface area contributed by atoms with Crippen molar-refractivity contribution in [2.24, 2.45) is 0 Å². The van der Waals surface area contributed by atoms with E-state index in [1.165, 1.54) is 47.0 Å². The standard InChI is InChI=1S/C23H26N2O6S2/c1-15(2)25(3)33(27,28)18-9-6-8-16(12-18)23(26)31-13-17-14-32-22(24-17)19-10-7-11-20(29-4)21(19)30-5/h6-12,14-15H,13H2,1-5H3. The van der Waals surface area contributed by atoms with E-state index in [1.807, 2.05) is 12.1 Å². The third-order valence-corrected chi connectivity index (χ3v) is 7.96. The number of carbonyl (C=O) groups is 1. The lowest BCUT2D eigenvalue weighted by molar-refractivity contribution is 0.0468. The Morgan fingerprint density at radius 1 is 1.12 bits per heavy atom. The summed E-state index contributed by atoms with van der Waals surface area (Å²) in [5.41, 5.74) is 1.49. The second-order valence-electron chi connectivity index (χ2n) is 7.40. The van der Waals surface area contributed by atoms with Crippen molar-refractivity contribution in [3.63, 3.8) is 0 Å². The van der Waals surface area contributed by atoms with Crippen molar-refractivity contribution in [1.82, 2.24) is 9.29 Å². The van der Waals surface area contributed by atoms with Crippen LogP contribution in [0.5, 0.6) is 11.5 Å². The van der Waals surface area contributed by atoms with Crippen LogP contribution in [-0.4, -0.2) is 51.0 Å². The summed E-state index contributed by atoms with van der Waals surface area (Å²) >= 11 is 1.39. The molecule has 3 rings (SSSR count). The van der Waals surface area contributed by atoms with Gasteiger partial charge in [0.25, 0.3) is 0 Å². The van der Waals surface area contributed by atoms with Gasteiger partial charge in [0, 0.05) is 18.5 Å². The molecule has 3 aromatic rings. The van der Waals surface area contributed by atoms with Gasteiger partial charge in [-0.15, -0.1) is 11.3 Å². The van der Waals surface area contributed by atoms with Gasteiger partial charge in [-0.3, -0.25) is 0 Å². The van der Waals surface area contributed by atoms with Gasteiger partial charge < -0.3 is 14.2 Å². The number of hydrogen-bond acceptors (Lipinski definition) is 8. The number of rotatable bonds is 9. The number of aromatic nitrogens is 1. The molecule has 176 valence electrons. The van der Waals surface area contributed by atoms with E-state index < -0.39 is 16.0 Å². The number of esters is 1. The van der Waals surface area contributed by atoms with E-state index in [-0.39, 0.29) is 23.1 Å². The third-order valence-electron chi connectivity index (χ3n) is 5.01. The molecular formula is C23H26N2O6S2. The molecule has 0 spiro atoms. The fourth-order valence-corrected chi connectivity index (χ4v) is 5.24. The van der Waals surface area contributed by atoms with Gasteiger partial charge in [-0.1, -0.05) is 12.1 Å². The van der Waals surface area contributed by atoms with Crippen molar-refractivity contribution in [2.45, 2.75) is 31.4 Å². The van der Waals surface area contributed by atoms with Crippen molar-refractivity contribution in [3.8, 4) is 22.1 Å². The number of para-hydroxylation sites is 1. The van der Waals surface area contributed by atoms with Crippen molar-refractivity contribution in [2.75, 3.05) is 21.3 Å². The number of nitrogens with zero attached hydrogens (tertiary/aromatic N) is 2. The molecule has 0 unspecified atom stereocenters. The van der Waals surface area contributed by atoms with Crippen molar-refractivity contribution < 1.29 is 27.4 Å². The molecule has 1 heterocycles. The second kappa shape index (κ2) is 10.3. The van der Waals surface area contributed by atoms with Crippen molar-refractivity contribution >= 4 is 27.3 Å². The fraction of sp³-hybridized carbons (Fsp3) is 0.304. The van der Waals surface area contributed by atoms with Crippen LogP contribution in [0.4, 0.5) is 0 Å². The first kappa shape index (κ1) is 24.7. The first-order chi connectivity index (χ1) is 15.7. The summed E-state index contributed by atoms with van der Waals surface area (Å²) in [5, 5.41) is 2.49. The van der Waals surface area contributed by atoms with Crippen LogP contribution in [0.25, 0.3) is 10.6 Å². The maximum Gasteiger partial charge on any atom is 0.338 e. The molecule has 0 fully saturated rings. The molecule has 0 saturated heterocycles. The molecule has 0 aliphatic rings. The van der Waals surface area contributed by atoms with Gasteiger partial charge >= 0.3 is 5.97 Å². The number of carbonyl (C=O) groups excluding carboxylic acids is 1. The van der Waals surface area contributed by atoms with Crippen molar-refractivity contribution in [1.29, 1.82) is 0 Å². The van der Waals surface area contributed by atoms with Crippen LogP contribution in [-0.2, 0) is 21.4 Å². The molecule has 0 aliphatic heterocycles. The zero-order valence-corrected chi connectivity index (χ0v) is 20.7. The number of thiazole rings is 1. The molecule has 0 bridgehead atoms. The smallest absolute Gasteiger partial charge is 0.338 e. The predicted molar refractivity (Wildman–Crippen MR) is 126 cm³/mol. The predicted octanol–water partition coefficient (Wildman–Crippen LogP) is 4.21. The van der Waals surface area contributed by atoms with Gasteiger partial charge in [0.15, 0.2) is 11.5 Å². The molecule has 33 heavy (non-hydrogen) atoms. The SMILES string of the molecule is COc1cccc(-c2nc(COC(=O)c3cccc(S(=O)(=O)N(C)C(C)C)c3)cs2)c1OC. The van der Waals surface area contributed by atoms with E-state index in [4.69, 9.17) is 14.2 Å². The first-order valence-electron chi connectivity index (χ1n) is 10.1. The Hall–Kier alpha value is -2.95. The van der Waals surface area contributed by atoms with E-state index >= 15 is 0 Å². The normalized spacial score (nSPS) is 11.6. The maximum absolute atomic E-state index is 12.7. The van der Waals surface area contributed by atoms with Gasteiger partial charge in [-0.25, -0.2) is 18.2 Å². The lowest BCUT2D eigenvalue weighted by Gasteiger charge is -2.21. The molecule has 8 nitrogen and oxygen atoms in total. The topological polar surface area (TPSA) is 95.0 Å². The first-order valence-corrected chi connectivity index (χ1v) is 12.4. The molecule has 0 aliphatic carbocycles. The van der Waals surface area contributed by atoms with Crippen LogP contribution in [0.3, 0.4) is 0 Å². The average molecular weight is 491 g/mol. The summed E-state index contributed by atoms with van der Waals surface area (Å²) in [7, 11) is 0.919. The Labute approximate surface area is 197 Å². The highest BCUT2D eigenvalue weighted by Crippen LogP contribution is 2.39. The van der Waals surface area contributed by atoms with Gasteiger partial charge in [0.2, 0.25) is 10.0 Å². The summed E-state index contributed by atoms with van der Waals surface area (Å²) < 4.78 is 42.8. The second-order valence-corrected chi connectivity index (χ2v) is 10.3. The summed E-state index contributed by atoms with van der Waals surface area (Å²) in [5.74, 6) is 0.533. The minimum absolute atomic E-state index is 0.0363. The Morgan fingerprint density at radius 2 is 1.85 bits per heavy atom. The zero-order valence-electron chi connectivity index (χ0n) is 19.1. The minimum Gasteiger partial charge on any atom is -0.493 e. The Kier molecular flexibility index (Phi) is 7.72. The van der Waals surface area contributed by atoms with Crippen LogP contribution < -0.4 is 9.47 Å². The average Bonchev–Trinajstić information content (AvgIpc) is 3.30. The molecule has 0 amide bonds. The van der Waals surface area contributed by atoms with Crippen LogP contribution >= 0.6 is 11.3 Å². The highest BCUT2D eigenvalue weighted by Gasteiger charge is 2.24.